The van der Waals surface area contributed by atoms with E-state index in [1.54, 1.807) is 6.92 Å². The molecule has 3 nitrogen and oxygen atoms in total. The molecule has 0 aliphatic carbocycles. The lowest BCUT2D eigenvalue weighted by atomic mass is 9.85. The highest BCUT2D eigenvalue weighted by Gasteiger charge is 2.38. The molecule has 1 N–H and O–H groups in total. The van der Waals surface area contributed by atoms with Crippen LogP contribution >= 0.6 is 28.6 Å². The summed E-state index contributed by atoms with van der Waals surface area (Å²) in [6.45, 7) is 3.44. The molecule has 1 unspecified atom stereocenters. The fourth-order valence-electron chi connectivity index (χ4n) is 2.31. The third-order valence-corrected chi connectivity index (χ3v) is 4.16. The molecule has 0 saturated carbocycles. The van der Waals surface area contributed by atoms with Crippen molar-refractivity contribution in [3.63, 3.8) is 0 Å². The predicted octanol–water partition coefficient (Wildman–Crippen LogP) is 2.89. The van der Waals surface area contributed by atoms with Crippen LogP contribution in [0.2, 0.25) is 0 Å². The molecule has 1 heterocycles. The van der Waals surface area contributed by atoms with E-state index in [0.717, 1.165) is 36.0 Å². The van der Waals surface area contributed by atoms with Gasteiger partial charge in [-0.1, -0.05) is 28.1 Å². The molecule has 0 spiro atoms. The maximum atomic E-state index is 11.9. The molecule has 1 aromatic carbocycles. The summed E-state index contributed by atoms with van der Waals surface area (Å²) in [6, 6.07) is 8.01. The summed E-state index contributed by atoms with van der Waals surface area (Å²) in [5, 5.41) is 2.90. The summed E-state index contributed by atoms with van der Waals surface area (Å²) in [6.07, 6.45) is 1.59. The van der Waals surface area contributed by atoms with Gasteiger partial charge in [-0.05, 0) is 37.7 Å². The standard InChI is InChI=1S/C14H18BrNO2S/c1-10(19)13(17)18-14(6-8-16-9-7-14)11-2-4-12(15)5-3-11/h2-5,10,16,19H,6-9H2,1H3. The summed E-state index contributed by atoms with van der Waals surface area (Å²) in [7, 11) is 0. The normalized spacial score (nSPS) is 19.7. The second-order valence-corrected chi connectivity index (χ2v) is 6.54. The van der Waals surface area contributed by atoms with Gasteiger partial charge in [0.15, 0.2) is 0 Å². The van der Waals surface area contributed by atoms with E-state index in [2.05, 4.69) is 33.9 Å². The molecule has 2 rings (SSSR count). The first-order valence-corrected chi connectivity index (χ1v) is 7.72. The van der Waals surface area contributed by atoms with Crippen molar-refractivity contribution in [2.75, 3.05) is 13.1 Å². The Labute approximate surface area is 127 Å². The number of rotatable bonds is 3. The molecule has 5 heteroatoms. The summed E-state index contributed by atoms with van der Waals surface area (Å²) >= 11 is 7.59. The Balaban J connectivity index is 2.28. The summed E-state index contributed by atoms with van der Waals surface area (Å²) in [5.41, 5.74) is 0.541. The average Bonchev–Trinajstić information content (AvgIpc) is 2.40. The number of halogens is 1. The van der Waals surface area contributed by atoms with E-state index in [1.807, 2.05) is 24.3 Å². The van der Waals surface area contributed by atoms with Gasteiger partial charge in [0.25, 0.3) is 0 Å². The molecule has 0 amide bonds. The van der Waals surface area contributed by atoms with Crippen LogP contribution in [0.3, 0.4) is 0 Å². The molecule has 1 aliphatic rings. The third kappa shape index (κ3) is 3.52. The van der Waals surface area contributed by atoms with Crippen molar-refractivity contribution in [3.05, 3.63) is 34.3 Å². The number of esters is 1. The number of thiol groups is 1. The highest BCUT2D eigenvalue weighted by molar-refractivity contribution is 9.10. The zero-order valence-electron chi connectivity index (χ0n) is 10.9. The molecule has 104 valence electrons. The van der Waals surface area contributed by atoms with Gasteiger partial charge < -0.3 is 10.1 Å². The number of hydrogen-bond acceptors (Lipinski definition) is 4. The molecule has 0 radical (unpaired) electrons. The van der Waals surface area contributed by atoms with E-state index in [-0.39, 0.29) is 5.97 Å². The molecule has 1 aliphatic heterocycles. The molecule has 1 atom stereocenters. The number of hydrogen-bond donors (Lipinski definition) is 2. The van der Waals surface area contributed by atoms with Crippen LogP contribution in [0.1, 0.15) is 25.3 Å². The molecule has 0 aromatic heterocycles. The first-order chi connectivity index (χ1) is 9.03. The Morgan fingerprint density at radius 3 is 2.47 bits per heavy atom. The molecule has 0 bridgehead atoms. The summed E-state index contributed by atoms with van der Waals surface area (Å²) in [4.78, 5) is 11.9. The van der Waals surface area contributed by atoms with Gasteiger partial charge in [-0.25, -0.2) is 0 Å². The van der Waals surface area contributed by atoms with Gasteiger partial charge in [-0.2, -0.15) is 12.6 Å². The van der Waals surface area contributed by atoms with Crippen LogP contribution in [0.5, 0.6) is 0 Å². The highest BCUT2D eigenvalue weighted by atomic mass is 79.9. The van der Waals surface area contributed by atoms with Crippen molar-refractivity contribution in [2.45, 2.75) is 30.6 Å². The Hall–Kier alpha value is -0.520. The van der Waals surface area contributed by atoms with Crippen LogP contribution in [0.25, 0.3) is 0 Å². The van der Waals surface area contributed by atoms with E-state index in [0.29, 0.717) is 0 Å². The molecule has 19 heavy (non-hydrogen) atoms. The Bertz CT molecular complexity index is 441. The Morgan fingerprint density at radius 1 is 1.37 bits per heavy atom. The van der Waals surface area contributed by atoms with Crippen LogP contribution in [0.4, 0.5) is 0 Å². The quantitative estimate of drug-likeness (QED) is 0.654. The van der Waals surface area contributed by atoms with Crippen LogP contribution in [-0.4, -0.2) is 24.3 Å². The first-order valence-electron chi connectivity index (χ1n) is 6.41. The van der Waals surface area contributed by atoms with E-state index in [1.165, 1.54) is 0 Å². The lowest BCUT2D eigenvalue weighted by Crippen LogP contribution is -2.44. The van der Waals surface area contributed by atoms with Crippen molar-refractivity contribution in [1.29, 1.82) is 0 Å². The number of piperidine rings is 1. The van der Waals surface area contributed by atoms with Crippen molar-refractivity contribution >= 4 is 34.5 Å². The van der Waals surface area contributed by atoms with Gasteiger partial charge in [0.2, 0.25) is 0 Å². The molecular formula is C14H18BrNO2S. The lowest BCUT2D eigenvalue weighted by molar-refractivity contribution is -0.163. The largest absolute Gasteiger partial charge is 0.453 e. The Morgan fingerprint density at radius 2 is 1.95 bits per heavy atom. The van der Waals surface area contributed by atoms with Crippen LogP contribution < -0.4 is 5.32 Å². The minimum Gasteiger partial charge on any atom is -0.453 e. The maximum absolute atomic E-state index is 11.9. The molecule has 1 aromatic rings. The second-order valence-electron chi connectivity index (χ2n) is 4.85. The smallest absolute Gasteiger partial charge is 0.319 e. The van der Waals surface area contributed by atoms with E-state index in [9.17, 15) is 4.79 Å². The van der Waals surface area contributed by atoms with Gasteiger partial charge >= 0.3 is 5.97 Å². The predicted molar refractivity (Wildman–Crippen MR) is 82.5 cm³/mol. The fraction of sp³-hybridized carbons (Fsp3) is 0.500. The second kappa shape index (κ2) is 6.29. The van der Waals surface area contributed by atoms with Crippen LogP contribution in [0, 0.1) is 0 Å². The van der Waals surface area contributed by atoms with Crippen LogP contribution in [-0.2, 0) is 15.1 Å². The first kappa shape index (κ1) is 14.9. The minimum atomic E-state index is -0.514. The van der Waals surface area contributed by atoms with E-state index in [4.69, 9.17) is 4.74 Å². The summed E-state index contributed by atoms with van der Waals surface area (Å²) < 4.78 is 6.82. The number of carbonyl (C=O) groups is 1. The average molecular weight is 344 g/mol. The molecular weight excluding hydrogens is 326 g/mol. The number of ether oxygens (including phenoxy) is 1. The molecule has 1 fully saturated rings. The highest BCUT2D eigenvalue weighted by Crippen LogP contribution is 2.36. The van der Waals surface area contributed by atoms with E-state index < -0.39 is 10.9 Å². The molecule has 1 saturated heterocycles. The number of nitrogens with one attached hydrogen (secondary N) is 1. The van der Waals surface area contributed by atoms with Gasteiger partial charge in [-0.15, -0.1) is 0 Å². The van der Waals surface area contributed by atoms with Gasteiger partial charge in [0.1, 0.15) is 5.60 Å². The van der Waals surface area contributed by atoms with Gasteiger partial charge in [0.05, 0.1) is 5.25 Å². The third-order valence-electron chi connectivity index (χ3n) is 3.42. The van der Waals surface area contributed by atoms with Crippen LogP contribution in [0.15, 0.2) is 28.7 Å². The van der Waals surface area contributed by atoms with Crippen molar-refractivity contribution in [3.8, 4) is 0 Å². The zero-order chi connectivity index (χ0) is 13.9. The maximum Gasteiger partial charge on any atom is 0.319 e. The van der Waals surface area contributed by atoms with E-state index >= 15 is 0 Å². The fourth-order valence-corrected chi connectivity index (χ4v) is 2.63. The topological polar surface area (TPSA) is 38.3 Å². The minimum absolute atomic E-state index is 0.256. The summed E-state index contributed by atoms with van der Waals surface area (Å²) in [5.74, 6) is -0.256. The monoisotopic (exact) mass is 343 g/mol. The zero-order valence-corrected chi connectivity index (χ0v) is 13.3. The SMILES string of the molecule is CC(S)C(=O)OC1(c2ccc(Br)cc2)CCNCC1. The van der Waals surface area contributed by atoms with Crippen molar-refractivity contribution in [1.82, 2.24) is 5.32 Å². The number of benzene rings is 1. The van der Waals surface area contributed by atoms with Crippen molar-refractivity contribution in [2.24, 2.45) is 0 Å². The number of carbonyl (C=O) groups excluding carboxylic acids is 1. The van der Waals surface area contributed by atoms with Crippen molar-refractivity contribution < 1.29 is 9.53 Å². The van der Waals surface area contributed by atoms with Gasteiger partial charge in [0, 0.05) is 17.3 Å². The van der Waals surface area contributed by atoms with Gasteiger partial charge in [-0.3, -0.25) is 4.79 Å². The Kier molecular flexibility index (Phi) is 4.92. The lowest BCUT2D eigenvalue weighted by Gasteiger charge is -2.38.